The van der Waals surface area contributed by atoms with Gasteiger partial charge in [0.2, 0.25) is 0 Å². The number of fused-ring (bicyclic) bond motifs is 5. The number of methoxy groups -OCH3 is 2. The monoisotopic (exact) mass is 558 g/mol. The maximum atomic E-state index is 14.4. The summed E-state index contributed by atoms with van der Waals surface area (Å²) in [7, 11) is 3.36. The molecule has 218 valence electrons. The predicted molar refractivity (Wildman–Crippen MR) is 148 cm³/mol. The third-order valence-corrected chi connectivity index (χ3v) is 11.2. The third-order valence-electron chi connectivity index (χ3n) is 11.2. The van der Waals surface area contributed by atoms with Crippen LogP contribution in [0, 0.1) is 22.7 Å². The summed E-state index contributed by atoms with van der Waals surface area (Å²) < 4.78 is 60.6. The highest BCUT2D eigenvalue weighted by atomic mass is 19.4. The van der Waals surface area contributed by atoms with E-state index in [1.54, 1.807) is 20.3 Å². The molecule has 3 aliphatic rings. The second kappa shape index (κ2) is 9.42. The molecular formula is C33H41F3O4. The molecule has 2 aromatic rings. The van der Waals surface area contributed by atoms with Crippen LogP contribution in [0.15, 0.2) is 42.5 Å². The molecule has 4 nitrogen and oxygen atoms in total. The fraction of sp³-hybridized carbons (Fsp3) is 0.606. The number of carbonyl (C=O) groups is 1. The van der Waals surface area contributed by atoms with Crippen molar-refractivity contribution in [2.75, 3.05) is 14.2 Å². The lowest BCUT2D eigenvalue weighted by atomic mass is 9.43. The molecular weight excluding hydrogens is 517 g/mol. The van der Waals surface area contributed by atoms with Crippen molar-refractivity contribution in [2.45, 2.75) is 89.8 Å². The van der Waals surface area contributed by atoms with E-state index in [0.29, 0.717) is 12.3 Å². The molecule has 0 N–H and O–H groups in total. The van der Waals surface area contributed by atoms with E-state index in [9.17, 15) is 18.0 Å². The van der Waals surface area contributed by atoms with Crippen LogP contribution in [0.5, 0.6) is 11.5 Å². The lowest BCUT2D eigenvalue weighted by Crippen LogP contribution is -2.60. The van der Waals surface area contributed by atoms with Crippen LogP contribution < -0.4 is 9.47 Å². The molecule has 2 fully saturated rings. The number of esters is 1. The van der Waals surface area contributed by atoms with Gasteiger partial charge in [0.25, 0.3) is 0 Å². The van der Waals surface area contributed by atoms with Gasteiger partial charge in [0.1, 0.15) is 17.6 Å². The average molecular weight is 559 g/mol. The van der Waals surface area contributed by atoms with Crippen LogP contribution in [0.25, 0.3) is 0 Å². The Balaban J connectivity index is 1.45. The first kappa shape index (κ1) is 28.8. The van der Waals surface area contributed by atoms with Crippen LogP contribution in [-0.2, 0) is 26.8 Å². The molecule has 6 unspecified atom stereocenters. The summed E-state index contributed by atoms with van der Waals surface area (Å²) in [5, 5.41) is 0. The minimum absolute atomic E-state index is 0.0799. The Morgan fingerprint density at radius 3 is 2.20 bits per heavy atom. The molecule has 0 heterocycles. The largest absolute Gasteiger partial charge is 0.497 e. The second-order valence-electron chi connectivity index (χ2n) is 13.4. The standard InChI is InChI=1S/C33H41F3O4/c1-29(2)24-13-15-31(4)25(18-20-17-22(38-6)19-23(39-7)27(20)31)30(24,3)16-14-26(29)40-28(37)32(5,33(34,35)36)21-11-9-8-10-12-21/h8-12,17,19,24-26H,13-16,18H2,1-7H3. The van der Waals surface area contributed by atoms with Crippen LogP contribution in [0.3, 0.4) is 0 Å². The number of alkyl halides is 3. The van der Waals surface area contributed by atoms with Gasteiger partial charge in [0, 0.05) is 22.5 Å². The maximum Gasteiger partial charge on any atom is 0.408 e. The Labute approximate surface area is 235 Å². The Bertz CT molecular complexity index is 1290. The van der Waals surface area contributed by atoms with E-state index in [1.165, 1.54) is 35.4 Å². The first-order valence-electron chi connectivity index (χ1n) is 14.2. The normalized spacial score (nSPS) is 32.2. The van der Waals surface area contributed by atoms with E-state index in [1.807, 2.05) is 6.07 Å². The molecule has 7 heteroatoms. The van der Waals surface area contributed by atoms with Crippen LogP contribution in [0.1, 0.15) is 77.0 Å². The van der Waals surface area contributed by atoms with Gasteiger partial charge >= 0.3 is 12.1 Å². The highest BCUT2D eigenvalue weighted by Crippen LogP contribution is 2.69. The summed E-state index contributed by atoms with van der Waals surface area (Å²) >= 11 is 0. The van der Waals surface area contributed by atoms with Crippen molar-refractivity contribution >= 4 is 5.97 Å². The molecule has 3 aliphatic carbocycles. The molecule has 6 atom stereocenters. The predicted octanol–water partition coefficient (Wildman–Crippen LogP) is 7.80. The van der Waals surface area contributed by atoms with Crippen molar-refractivity contribution in [1.82, 2.24) is 0 Å². The van der Waals surface area contributed by atoms with Gasteiger partial charge in [0.05, 0.1) is 14.2 Å². The summed E-state index contributed by atoms with van der Waals surface area (Å²) in [5.74, 6) is 0.923. The van der Waals surface area contributed by atoms with Gasteiger partial charge in [-0.15, -0.1) is 0 Å². The molecule has 5 rings (SSSR count). The number of hydrogen-bond acceptors (Lipinski definition) is 4. The van der Waals surface area contributed by atoms with Crippen LogP contribution in [-0.4, -0.2) is 32.5 Å². The van der Waals surface area contributed by atoms with Crippen molar-refractivity contribution in [3.05, 3.63) is 59.2 Å². The topological polar surface area (TPSA) is 44.8 Å². The fourth-order valence-electron chi connectivity index (χ4n) is 8.86. The lowest BCUT2D eigenvalue weighted by molar-refractivity contribution is -0.222. The lowest BCUT2D eigenvalue weighted by Gasteiger charge is -2.62. The Kier molecular flexibility index (Phi) is 6.79. The highest BCUT2D eigenvalue weighted by Gasteiger charge is 2.65. The van der Waals surface area contributed by atoms with E-state index >= 15 is 0 Å². The first-order valence-corrected chi connectivity index (χ1v) is 14.2. The number of rotatable bonds is 5. The van der Waals surface area contributed by atoms with Crippen molar-refractivity contribution in [3.63, 3.8) is 0 Å². The minimum Gasteiger partial charge on any atom is -0.497 e. The van der Waals surface area contributed by atoms with Crippen molar-refractivity contribution in [1.29, 1.82) is 0 Å². The highest BCUT2D eigenvalue weighted by molar-refractivity contribution is 5.84. The molecule has 0 amide bonds. The molecule has 0 aromatic heterocycles. The minimum atomic E-state index is -4.79. The van der Waals surface area contributed by atoms with E-state index in [0.717, 1.165) is 44.1 Å². The van der Waals surface area contributed by atoms with Crippen LogP contribution in [0.2, 0.25) is 0 Å². The number of benzene rings is 2. The van der Waals surface area contributed by atoms with Gasteiger partial charge in [-0.05, 0) is 73.5 Å². The number of halogens is 3. The molecule has 0 spiro atoms. The zero-order valence-electron chi connectivity index (χ0n) is 24.6. The second-order valence-corrected chi connectivity index (χ2v) is 13.4. The molecule has 0 saturated heterocycles. The fourth-order valence-corrected chi connectivity index (χ4v) is 8.86. The summed E-state index contributed by atoms with van der Waals surface area (Å²) in [6, 6.07) is 11.5. The smallest absolute Gasteiger partial charge is 0.408 e. The van der Waals surface area contributed by atoms with Gasteiger partial charge in [-0.25, -0.2) is 0 Å². The third kappa shape index (κ3) is 3.97. The van der Waals surface area contributed by atoms with E-state index in [4.69, 9.17) is 14.2 Å². The van der Waals surface area contributed by atoms with Gasteiger partial charge in [0.15, 0.2) is 5.41 Å². The molecule has 0 bridgehead atoms. The first-order chi connectivity index (χ1) is 18.6. The van der Waals surface area contributed by atoms with Gasteiger partial charge < -0.3 is 14.2 Å². The summed E-state index contributed by atoms with van der Waals surface area (Å²) in [4.78, 5) is 13.5. The molecule has 0 aliphatic heterocycles. The molecule has 2 saturated carbocycles. The quantitative estimate of drug-likeness (QED) is 0.351. The summed E-state index contributed by atoms with van der Waals surface area (Å²) in [6.07, 6.45) is -1.37. The van der Waals surface area contributed by atoms with Gasteiger partial charge in [-0.2, -0.15) is 13.2 Å². The summed E-state index contributed by atoms with van der Waals surface area (Å²) in [5.41, 5.74) is -0.990. The van der Waals surface area contributed by atoms with Crippen molar-refractivity contribution < 1.29 is 32.2 Å². The zero-order valence-corrected chi connectivity index (χ0v) is 24.6. The number of ether oxygens (including phenoxy) is 3. The van der Waals surface area contributed by atoms with E-state index in [2.05, 4.69) is 33.8 Å². The van der Waals surface area contributed by atoms with Crippen molar-refractivity contribution in [3.8, 4) is 11.5 Å². The molecule has 40 heavy (non-hydrogen) atoms. The Morgan fingerprint density at radius 2 is 1.60 bits per heavy atom. The Hall–Kier alpha value is -2.70. The van der Waals surface area contributed by atoms with Crippen LogP contribution >= 0.6 is 0 Å². The summed E-state index contributed by atoms with van der Waals surface area (Å²) in [6.45, 7) is 9.78. The van der Waals surface area contributed by atoms with Gasteiger partial charge in [-0.1, -0.05) is 58.0 Å². The number of hydrogen-bond donors (Lipinski definition) is 0. The van der Waals surface area contributed by atoms with Crippen LogP contribution in [0.4, 0.5) is 13.2 Å². The van der Waals surface area contributed by atoms with Gasteiger partial charge in [-0.3, -0.25) is 4.79 Å². The van der Waals surface area contributed by atoms with E-state index in [-0.39, 0.29) is 22.3 Å². The molecule has 2 aromatic carbocycles. The maximum absolute atomic E-state index is 14.4. The van der Waals surface area contributed by atoms with Crippen molar-refractivity contribution in [2.24, 2.45) is 22.7 Å². The average Bonchev–Trinajstić information content (AvgIpc) is 3.22. The number of carbonyl (C=O) groups excluding carboxylic acids is 1. The van der Waals surface area contributed by atoms with E-state index < -0.39 is 29.1 Å². The Morgan fingerprint density at radius 1 is 0.925 bits per heavy atom. The SMILES string of the molecule is COc1cc2c(c(OC)c1)C1(C)CCC3C(C)(C)C(OC(=O)C(C)(c4ccccc4)C(F)(F)F)CCC3(C)C1C2. The zero-order chi connectivity index (χ0) is 29.3. The molecule has 0 radical (unpaired) electrons.